The van der Waals surface area contributed by atoms with E-state index < -0.39 is 17.5 Å². The quantitative estimate of drug-likeness (QED) is 0.728. The Bertz CT molecular complexity index is 1100. The third kappa shape index (κ3) is 4.17. The normalized spacial score (nSPS) is 28.3. The molecular formula is C23H31N5O5. The van der Waals surface area contributed by atoms with Gasteiger partial charge in [0, 0.05) is 25.1 Å². The van der Waals surface area contributed by atoms with E-state index in [1.54, 1.807) is 0 Å². The third-order valence-electron chi connectivity index (χ3n) is 6.38. The summed E-state index contributed by atoms with van der Waals surface area (Å²) in [5, 5.41) is 6.67. The van der Waals surface area contributed by atoms with Crippen LogP contribution in [0.2, 0.25) is 0 Å². The molecule has 1 saturated heterocycles. The molecule has 2 aromatic heterocycles. The van der Waals surface area contributed by atoms with Gasteiger partial charge in [0.2, 0.25) is 5.91 Å². The molecule has 5 rings (SSSR count). The molecule has 178 valence electrons. The van der Waals surface area contributed by atoms with Crippen LogP contribution in [0.4, 0.5) is 10.6 Å². The van der Waals surface area contributed by atoms with Crippen molar-refractivity contribution < 1.29 is 23.8 Å². The van der Waals surface area contributed by atoms with Crippen LogP contribution in [0.3, 0.4) is 0 Å². The number of rotatable bonds is 3. The zero-order chi connectivity index (χ0) is 23.5. The number of nitrogens with one attached hydrogen (secondary N) is 2. The van der Waals surface area contributed by atoms with Crippen LogP contribution in [0, 0.1) is 5.92 Å². The molecule has 0 bridgehead atoms. The molecule has 0 unspecified atom stereocenters. The highest BCUT2D eigenvalue weighted by molar-refractivity contribution is 6.02. The van der Waals surface area contributed by atoms with E-state index in [-0.39, 0.29) is 30.1 Å². The summed E-state index contributed by atoms with van der Waals surface area (Å²) in [5.41, 5.74) is 1.26. The second-order valence-electron chi connectivity index (χ2n) is 10.5. The number of aryl methyl sites for hydroxylation is 1. The third-order valence-corrected chi connectivity index (χ3v) is 6.38. The highest BCUT2D eigenvalue weighted by Crippen LogP contribution is 2.48. The van der Waals surface area contributed by atoms with E-state index in [4.69, 9.17) is 14.2 Å². The number of aromatic nitrogens is 3. The largest absolute Gasteiger partial charge is 0.444 e. The maximum absolute atomic E-state index is 12.2. The van der Waals surface area contributed by atoms with Gasteiger partial charge in [-0.2, -0.15) is 0 Å². The average molecular weight is 458 g/mol. The van der Waals surface area contributed by atoms with Crippen molar-refractivity contribution in [1.29, 1.82) is 0 Å². The smallest absolute Gasteiger partial charge is 0.407 e. The van der Waals surface area contributed by atoms with E-state index in [0.29, 0.717) is 25.2 Å². The minimum absolute atomic E-state index is 0.0312. The molecule has 1 saturated carbocycles. The average Bonchev–Trinajstić information content (AvgIpc) is 3.28. The maximum atomic E-state index is 12.2. The van der Waals surface area contributed by atoms with E-state index in [1.165, 1.54) is 6.33 Å². The number of amides is 2. The Hall–Kier alpha value is -2.72. The molecule has 2 aliphatic heterocycles. The van der Waals surface area contributed by atoms with Crippen molar-refractivity contribution in [1.82, 2.24) is 19.9 Å². The van der Waals surface area contributed by atoms with Gasteiger partial charge in [0.25, 0.3) is 0 Å². The molecule has 2 N–H and O–H groups in total. The zero-order valence-corrected chi connectivity index (χ0v) is 19.7. The first-order valence-corrected chi connectivity index (χ1v) is 11.5. The lowest BCUT2D eigenvalue weighted by atomic mass is 10.1. The first-order chi connectivity index (χ1) is 15.5. The van der Waals surface area contributed by atoms with Gasteiger partial charge >= 0.3 is 6.09 Å². The highest BCUT2D eigenvalue weighted by Gasteiger charge is 2.54. The molecule has 0 radical (unpaired) electrons. The van der Waals surface area contributed by atoms with E-state index in [2.05, 4.69) is 31.4 Å². The van der Waals surface area contributed by atoms with Crippen LogP contribution in [0.25, 0.3) is 11.0 Å². The fourth-order valence-electron chi connectivity index (χ4n) is 5.20. The summed E-state index contributed by atoms with van der Waals surface area (Å²) in [5.74, 6) is -0.160. The van der Waals surface area contributed by atoms with Crippen molar-refractivity contribution >= 4 is 28.9 Å². The summed E-state index contributed by atoms with van der Waals surface area (Å²) < 4.78 is 20.1. The van der Waals surface area contributed by atoms with Crippen LogP contribution in [0.1, 0.15) is 59.1 Å². The van der Waals surface area contributed by atoms with Crippen LogP contribution in [0.5, 0.6) is 0 Å². The fraction of sp³-hybridized carbons (Fsp3) is 0.652. The standard InChI is InChI=1S/C23H31N5O5/c1-22(2,3)33-21(30)24-9-13-8-14(18-17(13)31-23(4,5)32-18)28-10-12-6-7-15(29)27-19-16(12)20(28)26-11-25-19/h10-11,13-14,17-18H,6-9H2,1-5H3,(H,24,30)(H,25,26,27,29)/t13-,14-,17-,18+/m1/s1. The predicted octanol–water partition coefficient (Wildman–Crippen LogP) is 2.92. The highest BCUT2D eigenvalue weighted by atomic mass is 16.8. The van der Waals surface area contributed by atoms with Gasteiger partial charge in [-0.05, 0) is 53.0 Å². The molecule has 10 heteroatoms. The van der Waals surface area contributed by atoms with E-state index >= 15 is 0 Å². The molecule has 0 spiro atoms. The zero-order valence-electron chi connectivity index (χ0n) is 19.7. The lowest BCUT2D eigenvalue weighted by Crippen LogP contribution is -2.38. The predicted molar refractivity (Wildman–Crippen MR) is 120 cm³/mol. The van der Waals surface area contributed by atoms with Crippen molar-refractivity contribution in [2.45, 2.75) is 83.5 Å². The number of anilines is 1. The van der Waals surface area contributed by atoms with Gasteiger partial charge < -0.3 is 29.4 Å². The fourth-order valence-corrected chi connectivity index (χ4v) is 5.20. The van der Waals surface area contributed by atoms with Gasteiger partial charge in [0.15, 0.2) is 5.79 Å². The summed E-state index contributed by atoms with van der Waals surface area (Å²) in [4.78, 5) is 33.2. The molecule has 0 aromatic carbocycles. The first kappa shape index (κ1) is 22.1. The molecule has 3 aliphatic rings. The van der Waals surface area contributed by atoms with Crippen LogP contribution >= 0.6 is 0 Å². The second kappa shape index (κ2) is 7.66. The lowest BCUT2D eigenvalue weighted by molar-refractivity contribution is -0.160. The Morgan fingerprint density at radius 2 is 2.03 bits per heavy atom. The SMILES string of the molecule is CC(C)(C)OC(=O)NC[C@H]1C[C@@H](n2cc3c4c(ncnc42)NC(=O)CC3)[C@@H]2OC(C)(C)O[C@H]12. The molecule has 4 atom stereocenters. The topological polar surface area (TPSA) is 117 Å². The van der Waals surface area contributed by atoms with Gasteiger partial charge in [-0.15, -0.1) is 0 Å². The summed E-state index contributed by atoms with van der Waals surface area (Å²) in [6, 6.07) is -0.0312. The Labute approximate surface area is 192 Å². The lowest BCUT2D eigenvalue weighted by Gasteiger charge is -2.25. The van der Waals surface area contributed by atoms with Gasteiger partial charge in [-0.1, -0.05) is 0 Å². The van der Waals surface area contributed by atoms with Crippen molar-refractivity contribution in [3.8, 4) is 0 Å². The van der Waals surface area contributed by atoms with E-state index in [0.717, 1.165) is 23.0 Å². The number of carbonyl (C=O) groups is 2. The van der Waals surface area contributed by atoms with Gasteiger partial charge in [-0.3, -0.25) is 4.79 Å². The molecule has 33 heavy (non-hydrogen) atoms. The summed E-state index contributed by atoms with van der Waals surface area (Å²) in [7, 11) is 0. The summed E-state index contributed by atoms with van der Waals surface area (Å²) >= 11 is 0. The number of hydrogen-bond donors (Lipinski definition) is 2. The van der Waals surface area contributed by atoms with Crippen LogP contribution in [-0.2, 0) is 25.4 Å². The van der Waals surface area contributed by atoms with Crippen LogP contribution in [0.15, 0.2) is 12.5 Å². The van der Waals surface area contributed by atoms with E-state index in [1.807, 2.05) is 34.6 Å². The van der Waals surface area contributed by atoms with Crippen LogP contribution in [-0.4, -0.2) is 56.7 Å². The molecule has 2 fully saturated rings. The number of ether oxygens (including phenoxy) is 3. The van der Waals surface area contributed by atoms with E-state index in [9.17, 15) is 9.59 Å². The molecule has 2 aromatic rings. The number of hydrogen-bond acceptors (Lipinski definition) is 7. The molecule has 4 heterocycles. The first-order valence-electron chi connectivity index (χ1n) is 11.5. The number of nitrogens with zero attached hydrogens (tertiary/aromatic N) is 3. The molecule has 10 nitrogen and oxygen atoms in total. The number of alkyl carbamates (subject to hydrolysis) is 1. The minimum Gasteiger partial charge on any atom is -0.444 e. The Morgan fingerprint density at radius 3 is 2.79 bits per heavy atom. The molecule has 1 aliphatic carbocycles. The number of fused-ring (bicyclic) bond motifs is 1. The van der Waals surface area contributed by atoms with Crippen molar-refractivity contribution in [2.24, 2.45) is 5.92 Å². The summed E-state index contributed by atoms with van der Waals surface area (Å²) in [6.07, 6.45) is 4.53. The van der Waals surface area contributed by atoms with Gasteiger partial charge in [-0.25, -0.2) is 14.8 Å². The Morgan fingerprint density at radius 1 is 1.27 bits per heavy atom. The van der Waals surface area contributed by atoms with Gasteiger partial charge in [0.05, 0.1) is 17.5 Å². The molecular weight excluding hydrogens is 426 g/mol. The minimum atomic E-state index is -0.719. The maximum Gasteiger partial charge on any atom is 0.407 e. The molecule has 2 amide bonds. The van der Waals surface area contributed by atoms with Crippen molar-refractivity contribution in [2.75, 3.05) is 11.9 Å². The van der Waals surface area contributed by atoms with Crippen molar-refractivity contribution in [3.63, 3.8) is 0 Å². The van der Waals surface area contributed by atoms with Crippen LogP contribution < -0.4 is 10.6 Å². The van der Waals surface area contributed by atoms with Crippen molar-refractivity contribution in [3.05, 3.63) is 18.1 Å². The van der Waals surface area contributed by atoms with Gasteiger partial charge in [0.1, 0.15) is 29.5 Å². The monoisotopic (exact) mass is 457 g/mol. The Kier molecular flexibility index (Phi) is 5.13. The number of carbonyl (C=O) groups excluding carboxylic acids is 2. The summed E-state index contributed by atoms with van der Waals surface area (Å²) in [6.45, 7) is 9.77. The Balaban J connectivity index is 1.44. The second-order valence-corrected chi connectivity index (χ2v) is 10.5.